The van der Waals surface area contributed by atoms with E-state index in [9.17, 15) is 0 Å². The van der Waals surface area contributed by atoms with Gasteiger partial charge in [0.05, 0.1) is 7.11 Å². The minimum absolute atomic E-state index is 0.375. The Morgan fingerprint density at radius 3 is 2.74 bits per heavy atom. The molecule has 3 aromatic rings. The van der Waals surface area contributed by atoms with Crippen molar-refractivity contribution in [3.05, 3.63) is 66.2 Å². The molecule has 0 amide bonds. The molecule has 1 N–H and O–H groups in total. The van der Waals surface area contributed by atoms with Gasteiger partial charge in [-0.3, -0.25) is 4.98 Å². The molecule has 1 atom stereocenters. The van der Waals surface area contributed by atoms with Gasteiger partial charge in [-0.25, -0.2) is 9.97 Å². The summed E-state index contributed by atoms with van der Waals surface area (Å²) in [5.41, 5.74) is 4.16. The van der Waals surface area contributed by atoms with E-state index in [1.54, 1.807) is 19.5 Å². The molecule has 6 nitrogen and oxygen atoms in total. The zero-order valence-electron chi connectivity index (χ0n) is 15.6. The van der Waals surface area contributed by atoms with Gasteiger partial charge in [0.25, 0.3) is 0 Å². The first-order valence-corrected chi connectivity index (χ1v) is 9.13. The monoisotopic (exact) mass is 361 g/mol. The number of rotatable bonds is 5. The quantitative estimate of drug-likeness (QED) is 0.743. The maximum Gasteiger partial charge on any atom is 0.225 e. The van der Waals surface area contributed by atoms with E-state index in [-0.39, 0.29) is 0 Å². The average molecular weight is 361 g/mol. The summed E-state index contributed by atoms with van der Waals surface area (Å²) in [6.07, 6.45) is 4.63. The zero-order valence-corrected chi connectivity index (χ0v) is 15.6. The van der Waals surface area contributed by atoms with Crippen LogP contribution in [0, 0.1) is 6.92 Å². The van der Waals surface area contributed by atoms with Crippen LogP contribution < -0.4 is 15.0 Å². The molecule has 3 heterocycles. The summed E-state index contributed by atoms with van der Waals surface area (Å²) in [5.74, 6) is 2.00. The number of hydrogen-bond donors (Lipinski definition) is 1. The van der Waals surface area contributed by atoms with Crippen molar-refractivity contribution >= 4 is 17.3 Å². The molecule has 6 heteroatoms. The highest BCUT2D eigenvalue weighted by Gasteiger charge is 2.26. The van der Waals surface area contributed by atoms with Crippen LogP contribution in [0.25, 0.3) is 0 Å². The van der Waals surface area contributed by atoms with E-state index in [0.717, 1.165) is 54.0 Å². The van der Waals surface area contributed by atoms with E-state index >= 15 is 0 Å². The summed E-state index contributed by atoms with van der Waals surface area (Å²) >= 11 is 0. The fraction of sp³-hybridized carbons (Fsp3) is 0.286. The molecule has 0 saturated carbocycles. The number of benzene rings is 1. The molecule has 1 aromatic carbocycles. The molecule has 4 rings (SSSR count). The first kappa shape index (κ1) is 17.3. The van der Waals surface area contributed by atoms with Crippen LogP contribution in [-0.2, 0) is 0 Å². The van der Waals surface area contributed by atoms with Crippen LogP contribution in [-0.4, -0.2) is 35.2 Å². The molecular formula is C21H23N5O. The Balaban J connectivity index is 1.52. The molecule has 0 unspecified atom stereocenters. The molecule has 0 bridgehead atoms. The largest absolute Gasteiger partial charge is 0.497 e. The highest BCUT2D eigenvalue weighted by molar-refractivity contribution is 5.62. The van der Waals surface area contributed by atoms with Crippen LogP contribution in [0.15, 0.2) is 54.9 Å². The predicted molar refractivity (Wildman–Crippen MR) is 107 cm³/mol. The van der Waals surface area contributed by atoms with Crippen molar-refractivity contribution in [2.45, 2.75) is 19.3 Å². The summed E-state index contributed by atoms with van der Waals surface area (Å²) < 4.78 is 5.31. The lowest BCUT2D eigenvalue weighted by Gasteiger charge is -2.17. The predicted octanol–water partition coefficient (Wildman–Crippen LogP) is 3.93. The lowest BCUT2D eigenvalue weighted by molar-refractivity contribution is 0.415. The molecule has 0 radical (unpaired) electrons. The normalized spacial score (nSPS) is 16.4. The third kappa shape index (κ3) is 4.00. The van der Waals surface area contributed by atoms with Crippen molar-refractivity contribution < 1.29 is 4.74 Å². The Labute approximate surface area is 159 Å². The van der Waals surface area contributed by atoms with Gasteiger partial charge in [0.1, 0.15) is 5.75 Å². The van der Waals surface area contributed by atoms with Crippen LogP contribution >= 0.6 is 0 Å². The Kier molecular flexibility index (Phi) is 4.87. The first-order valence-electron chi connectivity index (χ1n) is 9.13. The van der Waals surface area contributed by atoms with Crippen LogP contribution in [0.1, 0.15) is 23.7 Å². The van der Waals surface area contributed by atoms with E-state index in [1.165, 1.54) is 0 Å². The Morgan fingerprint density at radius 2 is 1.93 bits per heavy atom. The summed E-state index contributed by atoms with van der Waals surface area (Å²) in [4.78, 5) is 15.7. The van der Waals surface area contributed by atoms with Gasteiger partial charge in [-0.1, -0.05) is 6.07 Å². The van der Waals surface area contributed by atoms with E-state index < -0.39 is 0 Å². The Hall–Kier alpha value is -3.15. The Bertz CT molecular complexity index is 915. The van der Waals surface area contributed by atoms with Crippen LogP contribution in [0.4, 0.5) is 17.3 Å². The smallest absolute Gasteiger partial charge is 0.225 e. The van der Waals surface area contributed by atoms with Crippen molar-refractivity contribution in [3.8, 4) is 5.75 Å². The SMILES string of the molecule is COc1cccc(Nc2cc(C)nc([C@@H]3CCN(c4ncccn4)C3)c2)c1. The fourth-order valence-corrected chi connectivity index (χ4v) is 3.48. The number of aromatic nitrogens is 3. The summed E-state index contributed by atoms with van der Waals surface area (Å²) in [6, 6.07) is 14.0. The first-order chi connectivity index (χ1) is 13.2. The summed E-state index contributed by atoms with van der Waals surface area (Å²) in [6.45, 7) is 3.87. The fourth-order valence-electron chi connectivity index (χ4n) is 3.48. The van der Waals surface area contributed by atoms with Gasteiger partial charge >= 0.3 is 0 Å². The number of nitrogens with zero attached hydrogens (tertiary/aromatic N) is 4. The number of anilines is 3. The summed E-state index contributed by atoms with van der Waals surface area (Å²) in [7, 11) is 1.68. The van der Waals surface area contributed by atoms with Crippen LogP contribution in [0.5, 0.6) is 5.75 Å². The molecule has 1 fully saturated rings. The molecule has 1 saturated heterocycles. The number of ether oxygens (including phenoxy) is 1. The highest BCUT2D eigenvalue weighted by atomic mass is 16.5. The zero-order chi connectivity index (χ0) is 18.6. The third-order valence-corrected chi connectivity index (χ3v) is 4.77. The number of nitrogens with one attached hydrogen (secondary N) is 1. The maximum atomic E-state index is 5.31. The van der Waals surface area contributed by atoms with Crippen molar-refractivity contribution in [1.29, 1.82) is 0 Å². The summed E-state index contributed by atoms with van der Waals surface area (Å²) in [5, 5.41) is 3.47. The second-order valence-electron chi connectivity index (χ2n) is 6.76. The standard InChI is InChI=1S/C21H23N5O/c1-15-11-18(25-17-5-3-6-19(12-17)27-2)13-20(24-15)16-7-10-26(14-16)21-22-8-4-9-23-21/h3-6,8-9,11-13,16H,7,10,14H2,1-2H3,(H,24,25)/t16-/m1/s1. The maximum absolute atomic E-state index is 5.31. The van der Waals surface area contributed by atoms with E-state index in [1.807, 2.05) is 37.3 Å². The topological polar surface area (TPSA) is 63.2 Å². The van der Waals surface area contributed by atoms with Crippen molar-refractivity contribution in [2.24, 2.45) is 0 Å². The van der Waals surface area contributed by atoms with E-state index in [2.05, 4.69) is 32.3 Å². The number of aryl methyl sites for hydroxylation is 1. The highest BCUT2D eigenvalue weighted by Crippen LogP contribution is 2.30. The molecule has 0 aliphatic carbocycles. The lowest BCUT2D eigenvalue weighted by Crippen LogP contribution is -2.21. The van der Waals surface area contributed by atoms with Crippen LogP contribution in [0.2, 0.25) is 0 Å². The Morgan fingerprint density at radius 1 is 1.07 bits per heavy atom. The second kappa shape index (κ2) is 7.61. The van der Waals surface area contributed by atoms with E-state index in [0.29, 0.717) is 5.92 Å². The van der Waals surface area contributed by atoms with Gasteiger partial charge in [0.2, 0.25) is 5.95 Å². The van der Waals surface area contributed by atoms with Gasteiger partial charge in [0, 0.05) is 60.2 Å². The number of hydrogen-bond acceptors (Lipinski definition) is 6. The molecule has 0 spiro atoms. The number of methoxy groups -OCH3 is 1. The second-order valence-corrected chi connectivity index (χ2v) is 6.76. The van der Waals surface area contributed by atoms with Crippen molar-refractivity contribution in [1.82, 2.24) is 15.0 Å². The molecule has 138 valence electrons. The lowest BCUT2D eigenvalue weighted by atomic mass is 10.0. The molecule has 1 aliphatic rings. The van der Waals surface area contributed by atoms with Gasteiger partial charge in [0.15, 0.2) is 0 Å². The minimum Gasteiger partial charge on any atom is -0.497 e. The van der Waals surface area contributed by atoms with Crippen molar-refractivity contribution in [3.63, 3.8) is 0 Å². The van der Waals surface area contributed by atoms with Crippen molar-refractivity contribution in [2.75, 3.05) is 30.4 Å². The number of pyridine rings is 1. The average Bonchev–Trinajstić information content (AvgIpc) is 3.19. The van der Waals surface area contributed by atoms with Gasteiger partial charge in [-0.2, -0.15) is 0 Å². The minimum atomic E-state index is 0.375. The van der Waals surface area contributed by atoms with Gasteiger partial charge in [-0.15, -0.1) is 0 Å². The molecular weight excluding hydrogens is 338 g/mol. The van der Waals surface area contributed by atoms with Gasteiger partial charge < -0.3 is 15.0 Å². The van der Waals surface area contributed by atoms with Gasteiger partial charge in [-0.05, 0) is 43.7 Å². The molecule has 1 aliphatic heterocycles. The van der Waals surface area contributed by atoms with Crippen LogP contribution in [0.3, 0.4) is 0 Å². The van der Waals surface area contributed by atoms with E-state index in [4.69, 9.17) is 9.72 Å². The molecule has 27 heavy (non-hydrogen) atoms. The third-order valence-electron chi connectivity index (χ3n) is 4.77. The molecule has 2 aromatic heterocycles.